The molecule has 6 nitrogen and oxygen atoms in total. The molecule has 1 aromatic heterocycles. The fourth-order valence-corrected chi connectivity index (χ4v) is 2.79. The molecule has 0 aliphatic carbocycles. The second kappa shape index (κ2) is 9.19. The summed E-state index contributed by atoms with van der Waals surface area (Å²) in [5, 5.41) is 6.68. The number of ether oxygens (including phenoxy) is 1. The Kier molecular flexibility index (Phi) is 6.45. The molecule has 7 heteroatoms. The van der Waals surface area contributed by atoms with Crippen LogP contribution < -0.4 is 15.4 Å². The highest BCUT2D eigenvalue weighted by molar-refractivity contribution is 6.30. The SMILES string of the molecule is COc1ccccc1CNc1nc(C)cc(C(=O)NCc2ccc(Cl)cc2)n1. The average molecular weight is 397 g/mol. The zero-order chi connectivity index (χ0) is 19.9. The third-order valence-corrected chi connectivity index (χ3v) is 4.33. The van der Waals surface area contributed by atoms with Crippen molar-refractivity contribution in [2.75, 3.05) is 12.4 Å². The van der Waals surface area contributed by atoms with Crippen LogP contribution in [0.15, 0.2) is 54.6 Å². The third-order valence-electron chi connectivity index (χ3n) is 4.08. The van der Waals surface area contributed by atoms with E-state index in [4.69, 9.17) is 16.3 Å². The van der Waals surface area contributed by atoms with Gasteiger partial charge in [0, 0.05) is 29.4 Å². The molecule has 0 unspecified atom stereocenters. The summed E-state index contributed by atoms with van der Waals surface area (Å²) in [7, 11) is 1.63. The van der Waals surface area contributed by atoms with E-state index in [0.29, 0.717) is 35.4 Å². The van der Waals surface area contributed by atoms with Gasteiger partial charge < -0.3 is 15.4 Å². The molecule has 3 aromatic rings. The average Bonchev–Trinajstić information content (AvgIpc) is 2.71. The molecule has 0 saturated heterocycles. The number of nitrogens with zero attached hydrogens (tertiary/aromatic N) is 2. The van der Waals surface area contributed by atoms with Crippen molar-refractivity contribution in [3.8, 4) is 5.75 Å². The quantitative estimate of drug-likeness (QED) is 0.631. The van der Waals surface area contributed by atoms with Crippen molar-refractivity contribution in [1.82, 2.24) is 15.3 Å². The van der Waals surface area contributed by atoms with Crippen molar-refractivity contribution >= 4 is 23.5 Å². The van der Waals surface area contributed by atoms with Gasteiger partial charge in [0.15, 0.2) is 0 Å². The van der Waals surface area contributed by atoms with Gasteiger partial charge in [0.1, 0.15) is 11.4 Å². The summed E-state index contributed by atoms with van der Waals surface area (Å²) in [6, 6.07) is 16.7. The molecule has 0 aliphatic rings. The summed E-state index contributed by atoms with van der Waals surface area (Å²) in [6.45, 7) is 2.70. The summed E-state index contributed by atoms with van der Waals surface area (Å²) in [4.78, 5) is 21.2. The Bertz CT molecular complexity index is 961. The fourth-order valence-electron chi connectivity index (χ4n) is 2.66. The molecule has 0 fully saturated rings. The van der Waals surface area contributed by atoms with E-state index < -0.39 is 0 Å². The van der Waals surface area contributed by atoms with Gasteiger partial charge in [-0.1, -0.05) is 41.9 Å². The van der Waals surface area contributed by atoms with Gasteiger partial charge in [-0.2, -0.15) is 0 Å². The molecule has 3 rings (SSSR count). The summed E-state index contributed by atoms with van der Waals surface area (Å²) < 4.78 is 5.35. The molecular weight excluding hydrogens is 376 g/mol. The van der Waals surface area contributed by atoms with Crippen molar-refractivity contribution in [3.05, 3.63) is 82.1 Å². The number of aromatic nitrogens is 2. The van der Waals surface area contributed by atoms with Gasteiger partial charge in [0.2, 0.25) is 5.95 Å². The van der Waals surface area contributed by atoms with Crippen LogP contribution in [0.5, 0.6) is 5.75 Å². The van der Waals surface area contributed by atoms with Crippen LogP contribution in [0, 0.1) is 6.92 Å². The maximum Gasteiger partial charge on any atom is 0.270 e. The standard InChI is InChI=1S/C21H21ClN4O2/c1-14-11-18(20(27)23-12-15-7-9-17(22)10-8-15)26-21(25-14)24-13-16-5-3-4-6-19(16)28-2/h3-11H,12-13H2,1-2H3,(H,23,27)(H,24,25,26). The second-order valence-corrected chi connectivity index (χ2v) is 6.63. The van der Waals surface area contributed by atoms with Crippen molar-refractivity contribution in [1.29, 1.82) is 0 Å². The van der Waals surface area contributed by atoms with E-state index in [1.54, 1.807) is 25.3 Å². The van der Waals surface area contributed by atoms with E-state index in [1.807, 2.05) is 43.3 Å². The predicted octanol–water partition coefficient (Wildman–Crippen LogP) is 3.99. The monoisotopic (exact) mass is 396 g/mol. The smallest absolute Gasteiger partial charge is 0.270 e. The lowest BCUT2D eigenvalue weighted by Gasteiger charge is -2.11. The molecule has 0 bridgehead atoms. The van der Waals surface area contributed by atoms with Crippen LogP contribution in [-0.4, -0.2) is 23.0 Å². The molecule has 2 aromatic carbocycles. The Hall–Kier alpha value is -3.12. The zero-order valence-corrected chi connectivity index (χ0v) is 16.5. The van der Waals surface area contributed by atoms with Gasteiger partial charge in [-0.25, -0.2) is 9.97 Å². The molecule has 1 amide bonds. The fraction of sp³-hybridized carbons (Fsp3) is 0.190. The highest BCUT2D eigenvalue weighted by Crippen LogP contribution is 2.18. The minimum Gasteiger partial charge on any atom is -0.496 e. The van der Waals surface area contributed by atoms with Crippen LogP contribution in [0.4, 0.5) is 5.95 Å². The van der Waals surface area contributed by atoms with Crippen molar-refractivity contribution in [2.24, 2.45) is 0 Å². The summed E-state index contributed by atoms with van der Waals surface area (Å²) >= 11 is 5.88. The molecule has 144 valence electrons. The van der Waals surface area contributed by atoms with Crippen LogP contribution >= 0.6 is 11.6 Å². The van der Waals surface area contributed by atoms with Gasteiger partial charge in [-0.3, -0.25) is 4.79 Å². The van der Waals surface area contributed by atoms with Crippen LogP contribution in [-0.2, 0) is 13.1 Å². The number of amides is 1. The summed E-state index contributed by atoms with van der Waals surface area (Å²) in [6.07, 6.45) is 0. The number of rotatable bonds is 7. The topological polar surface area (TPSA) is 76.1 Å². The molecule has 0 atom stereocenters. The minimum atomic E-state index is -0.263. The van der Waals surface area contributed by atoms with E-state index in [1.165, 1.54) is 0 Å². The second-order valence-electron chi connectivity index (χ2n) is 6.19. The predicted molar refractivity (Wildman–Crippen MR) is 110 cm³/mol. The van der Waals surface area contributed by atoms with Gasteiger partial charge >= 0.3 is 0 Å². The summed E-state index contributed by atoms with van der Waals surface area (Å²) in [5.41, 5.74) is 2.94. The van der Waals surface area contributed by atoms with E-state index in [9.17, 15) is 4.79 Å². The molecule has 2 N–H and O–H groups in total. The van der Waals surface area contributed by atoms with E-state index >= 15 is 0 Å². The minimum absolute atomic E-state index is 0.263. The maximum absolute atomic E-state index is 12.5. The Morgan fingerprint density at radius 2 is 1.82 bits per heavy atom. The number of carbonyl (C=O) groups excluding carboxylic acids is 1. The van der Waals surface area contributed by atoms with Crippen LogP contribution in [0.2, 0.25) is 5.02 Å². The normalized spacial score (nSPS) is 10.4. The van der Waals surface area contributed by atoms with Gasteiger partial charge in [0.05, 0.1) is 7.11 Å². The molecular formula is C21H21ClN4O2. The maximum atomic E-state index is 12.5. The highest BCUT2D eigenvalue weighted by atomic mass is 35.5. The first kappa shape index (κ1) is 19.6. The van der Waals surface area contributed by atoms with Gasteiger partial charge in [0.25, 0.3) is 5.91 Å². The van der Waals surface area contributed by atoms with E-state index in [-0.39, 0.29) is 5.91 Å². The number of halogens is 1. The van der Waals surface area contributed by atoms with E-state index in [0.717, 1.165) is 16.9 Å². The molecule has 0 radical (unpaired) electrons. The lowest BCUT2D eigenvalue weighted by atomic mass is 10.2. The largest absolute Gasteiger partial charge is 0.496 e. The van der Waals surface area contributed by atoms with Crippen LogP contribution in [0.3, 0.4) is 0 Å². The number of hydrogen-bond donors (Lipinski definition) is 2. The first-order valence-corrected chi connectivity index (χ1v) is 9.17. The Balaban J connectivity index is 1.66. The number of methoxy groups -OCH3 is 1. The number of anilines is 1. The number of benzene rings is 2. The highest BCUT2D eigenvalue weighted by Gasteiger charge is 2.11. The zero-order valence-electron chi connectivity index (χ0n) is 15.7. The van der Waals surface area contributed by atoms with Crippen LogP contribution in [0.1, 0.15) is 27.3 Å². The molecule has 1 heterocycles. The third kappa shape index (κ3) is 5.20. The Morgan fingerprint density at radius 1 is 1.07 bits per heavy atom. The van der Waals surface area contributed by atoms with Crippen molar-refractivity contribution in [2.45, 2.75) is 20.0 Å². The van der Waals surface area contributed by atoms with Crippen molar-refractivity contribution in [3.63, 3.8) is 0 Å². The number of hydrogen-bond acceptors (Lipinski definition) is 5. The Labute approximate surface area is 168 Å². The molecule has 0 aliphatic heterocycles. The number of carbonyl (C=O) groups is 1. The Morgan fingerprint density at radius 3 is 2.57 bits per heavy atom. The van der Waals surface area contributed by atoms with Gasteiger partial charge in [-0.15, -0.1) is 0 Å². The lowest BCUT2D eigenvalue weighted by molar-refractivity contribution is 0.0945. The molecule has 28 heavy (non-hydrogen) atoms. The summed E-state index contributed by atoms with van der Waals surface area (Å²) in [5.74, 6) is 0.909. The van der Waals surface area contributed by atoms with Gasteiger partial charge in [-0.05, 0) is 36.8 Å². The first-order chi connectivity index (χ1) is 13.5. The molecule has 0 spiro atoms. The first-order valence-electron chi connectivity index (χ1n) is 8.79. The number of aryl methyl sites for hydroxylation is 1. The lowest BCUT2D eigenvalue weighted by Crippen LogP contribution is -2.24. The van der Waals surface area contributed by atoms with Crippen LogP contribution in [0.25, 0.3) is 0 Å². The molecule has 0 saturated carbocycles. The number of nitrogens with one attached hydrogen (secondary N) is 2. The van der Waals surface area contributed by atoms with Crippen molar-refractivity contribution < 1.29 is 9.53 Å². The van der Waals surface area contributed by atoms with E-state index in [2.05, 4.69) is 20.6 Å². The number of para-hydroxylation sites is 1.